The minimum absolute atomic E-state index is 0.267. The van der Waals surface area contributed by atoms with Gasteiger partial charge in [0.15, 0.2) is 0 Å². The molecule has 2 rings (SSSR count). The number of hydrogen-bond donors (Lipinski definition) is 3. The number of carboxylic acids is 1. The SMILES string of the molecule is CCC(C(=O)O)C(=O)Nc1c[nH]c2ccccc12. The van der Waals surface area contributed by atoms with E-state index in [4.69, 9.17) is 5.11 Å². The van der Waals surface area contributed by atoms with E-state index in [0.29, 0.717) is 5.69 Å². The maximum atomic E-state index is 11.8. The molecule has 1 heterocycles. The molecule has 5 nitrogen and oxygen atoms in total. The molecule has 1 aromatic carbocycles. The van der Waals surface area contributed by atoms with Gasteiger partial charge in [-0.3, -0.25) is 9.59 Å². The van der Waals surface area contributed by atoms with Gasteiger partial charge in [0.1, 0.15) is 5.92 Å². The number of carbonyl (C=O) groups excluding carboxylic acids is 1. The first-order valence-corrected chi connectivity index (χ1v) is 5.73. The van der Waals surface area contributed by atoms with Gasteiger partial charge in [0, 0.05) is 17.1 Å². The maximum Gasteiger partial charge on any atom is 0.316 e. The number of carbonyl (C=O) groups is 2. The zero-order chi connectivity index (χ0) is 13.1. The molecule has 2 aromatic rings. The molecule has 0 spiro atoms. The fourth-order valence-corrected chi connectivity index (χ4v) is 1.87. The van der Waals surface area contributed by atoms with Crippen LogP contribution in [0.5, 0.6) is 0 Å². The summed E-state index contributed by atoms with van der Waals surface area (Å²) in [5.74, 6) is -2.61. The normalized spacial score (nSPS) is 12.3. The van der Waals surface area contributed by atoms with Crippen molar-refractivity contribution >= 4 is 28.5 Å². The first kappa shape index (κ1) is 12.2. The standard InChI is InChI=1S/C13H14N2O3/c1-2-8(13(17)18)12(16)15-11-7-14-10-6-4-3-5-9(10)11/h3-8,14H,2H2,1H3,(H,15,16)(H,17,18). The van der Waals surface area contributed by atoms with Crippen LogP contribution in [0.15, 0.2) is 30.5 Å². The van der Waals surface area contributed by atoms with E-state index in [2.05, 4.69) is 10.3 Å². The number of H-pyrrole nitrogens is 1. The molecule has 0 aliphatic carbocycles. The van der Waals surface area contributed by atoms with E-state index in [-0.39, 0.29) is 6.42 Å². The lowest BCUT2D eigenvalue weighted by Crippen LogP contribution is -2.28. The summed E-state index contributed by atoms with van der Waals surface area (Å²) in [5, 5.41) is 12.4. The molecule has 5 heteroatoms. The largest absolute Gasteiger partial charge is 0.481 e. The lowest BCUT2D eigenvalue weighted by Gasteiger charge is -2.09. The van der Waals surface area contributed by atoms with Gasteiger partial charge in [0.2, 0.25) is 5.91 Å². The predicted molar refractivity (Wildman–Crippen MR) is 68.3 cm³/mol. The Morgan fingerprint density at radius 2 is 2.11 bits per heavy atom. The molecule has 1 atom stereocenters. The highest BCUT2D eigenvalue weighted by Gasteiger charge is 2.24. The minimum Gasteiger partial charge on any atom is -0.481 e. The molecule has 3 N–H and O–H groups in total. The molecule has 0 radical (unpaired) electrons. The number of anilines is 1. The molecule has 0 aliphatic rings. The average molecular weight is 246 g/mol. The molecule has 0 saturated heterocycles. The van der Waals surface area contributed by atoms with E-state index in [1.807, 2.05) is 24.3 Å². The van der Waals surface area contributed by atoms with Crippen molar-refractivity contribution < 1.29 is 14.7 Å². The molecule has 0 aliphatic heterocycles. The zero-order valence-corrected chi connectivity index (χ0v) is 9.93. The monoisotopic (exact) mass is 246 g/mol. The Kier molecular flexibility index (Phi) is 3.32. The summed E-state index contributed by atoms with van der Waals surface area (Å²) in [4.78, 5) is 25.7. The Labute approximate surface area is 104 Å². The van der Waals surface area contributed by atoms with E-state index in [9.17, 15) is 9.59 Å². The number of benzene rings is 1. The molecular formula is C13H14N2O3. The Balaban J connectivity index is 2.24. The number of nitrogens with one attached hydrogen (secondary N) is 2. The quantitative estimate of drug-likeness (QED) is 0.723. The van der Waals surface area contributed by atoms with Gasteiger partial charge in [-0.25, -0.2) is 0 Å². The maximum absolute atomic E-state index is 11.8. The second-order valence-electron chi connectivity index (χ2n) is 4.04. The molecule has 0 bridgehead atoms. The van der Waals surface area contributed by atoms with Crippen LogP contribution in [0, 0.1) is 5.92 Å². The molecule has 0 fully saturated rings. The van der Waals surface area contributed by atoms with E-state index in [1.54, 1.807) is 13.1 Å². The summed E-state index contributed by atoms with van der Waals surface area (Å²) in [6.45, 7) is 1.67. The first-order valence-electron chi connectivity index (χ1n) is 5.73. The number of aromatic amines is 1. The summed E-state index contributed by atoms with van der Waals surface area (Å²) < 4.78 is 0. The van der Waals surface area contributed by atoms with Gasteiger partial charge in [-0.15, -0.1) is 0 Å². The van der Waals surface area contributed by atoms with Crippen molar-refractivity contribution in [2.24, 2.45) is 5.92 Å². The summed E-state index contributed by atoms with van der Waals surface area (Å²) >= 11 is 0. The van der Waals surface area contributed by atoms with E-state index < -0.39 is 17.8 Å². The Hall–Kier alpha value is -2.30. The summed E-state index contributed by atoms with van der Waals surface area (Å²) in [5.41, 5.74) is 1.51. The topological polar surface area (TPSA) is 82.2 Å². The molecule has 18 heavy (non-hydrogen) atoms. The van der Waals surface area contributed by atoms with Crippen molar-refractivity contribution in [2.75, 3.05) is 5.32 Å². The number of rotatable bonds is 4. The van der Waals surface area contributed by atoms with Crippen molar-refractivity contribution in [1.29, 1.82) is 0 Å². The number of fused-ring (bicyclic) bond motifs is 1. The number of aromatic nitrogens is 1. The van der Waals surface area contributed by atoms with Crippen LogP contribution in [0.25, 0.3) is 10.9 Å². The second-order valence-corrected chi connectivity index (χ2v) is 4.04. The first-order chi connectivity index (χ1) is 8.63. The molecular weight excluding hydrogens is 232 g/mol. The van der Waals surface area contributed by atoms with Crippen LogP contribution in [0.3, 0.4) is 0 Å². The van der Waals surface area contributed by atoms with Gasteiger partial charge in [0.05, 0.1) is 5.69 Å². The third kappa shape index (κ3) is 2.20. The Morgan fingerprint density at radius 3 is 2.78 bits per heavy atom. The summed E-state index contributed by atoms with van der Waals surface area (Å²) in [7, 11) is 0. The van der Waals surface area contributed by atoms with Crippen LogP contribution in [0.4, 0.5) is 5.69 Å². The third-order valence-electron chi connectivity index (χ3n) is 2.87. The van der Waals surface area contributed by atoms with Crippen molar-refractivity contribution in [1.82, 2.24) is 4.98 Å². The van der Waals surface area contributed by atoms with E-state index in [0.717, 1.165) is 10.9 Å². The van der Waals surface area contributed by atoms with Crippen molar-refractivity contribution in [2.45, 2.75) is 13.3 Å². The van der Waals surface area contributed by atoms with Crippen molar-refractivity contribution in [3.63, 3.8) is 0 Å². The van der Waals surface area contributed by atoms with Crippen LogP contribution in [0.2, 0.25) is 0 Å². The van der Waals surface area contributed by atoms with Gasteiger partial charge in [-0.05, 0) is 12.5 Å². The average Bonchev–Trinajstić information content (AvgIpc) is 2.73. The fraction of sp³-hybridized carbons (Fsp3) is 0.231. The predicted octanol–water partition coefficient (Wildman–Crippen LogP) is 2.22. The fourth-order valence-electron chi connectivity index (χ4n) is 1.87. The molecule has 1 aromatic heterocycles. The van der Waals surface area contributed by atoms with Gasteiger partial charge in [0.25, 0.3) is 0 Å². The van der Waals surface area contributed by atoms with Crippen LogP contribution >= 0.6 is 0 Å². The van der Waals surface area contributed by atoms with Gasteiger partial charge in [-0.1, -0.05) is 25.1 Å². The van der Waals surface area contributed by atoms with Crippen molar-refractivity contribution in [3.05, 3.63) is 30.5 Å². The van der Waals surface area contributed by atoms with Gasteiger partial charge < -0.3 is 15.4 Å². The van der Waals surface area contributed by atoms with E-state index in [1.165, 1.54) is 0 Å². The zero-order valence-electron chi connectivity index (χ0n) is 9.93. The highest BCUT2D eigenvalue weighted by Crippen LogP contribution is 2.23. The van der Waals surface area contributed by atoms with Crippen LogP contribution in [-0.2, 0) is 9.59 Å². The lowest BCUT2D eigenvalue weighted by molar-refractivity contribution is -0.145. The summed E-state index contributed by atoms with van der Waals surface area (Å²) in [6.07, 6.45) is 1.93. The number of amides is 1. The highest BCUT2D eigenvalue weighted by molar-refractivity contribution is 6.08. The number of para-hydroxylation sites is 1. The van der Waals surface area contributed by atoms with E-state index >= 15 is 0 Å². The molecule has 0 saturated carbocycles. The number of aliphatic carboxylic acids is 1. The smallest absolute Gasteiger partial charge is 0.316 e. The van der Waals surface area contributed by atoms with Gasteiger partial charge >= 0.3 is 5.97 Å². The lowest BCUT2D eigenvalue weighted by atomic mass is 10.1. The molecule has 94 valence electrons. The molecule has 1 unspecified atom stereocenters. The van der Waals surface area contributed by atoms with Gasteiger partial charge in [-0.2, -0.15) is 0 Å². The Bertz CT molecular complexity index is 589. The van der Waals surface area contributed by atoms with Crippen molar-refractivity contribution in [3.8, 4) is 0 Å². The number of hydrogen-bond acceptors (Lipinski definition) is 2. The van der Waals surface area contributed by atoms with Crippen LogP contribution in [-0.4, -0.2) is 22.0 Å². The minimum atomic E-state index is -1.10. The van der Waals surface area contributed by atoms with Crippen LogP contribution in [0.1, 0.15) is 13.3 Å². The molecule has 1 amide bonds. The highest BCUT2D eigenvalue weighted by atomic mass is 16.4. The number of carboxylic acid groups (broad SMARTS) is 1. The Morgan fingerprint density at radius 1 is 1.39 bits per heavy atom. The second kappa shape index (κ2) is 4.91. The third-order valence-corrected chi connectivity index (χ3v) is 2.87. The summed E-state index contributed by atoms with van der Waals surface area (Å²) in [6, 6.07) is 7.50. The van der Waals surface area contributed by atoms with Crippen LogP contribution < -0.4 is 5.32 Å².